The number of alkyl halides is 2. The van der Waals surface area contributed by atoms with Crippen LogP contribution in [0.2, 0.25) is 0 Å². The first-order valence-corrected chi connectivity index (χ1v) is 9.69. The van der Waals surface area contributed by atoms with Gasteiger partial charge in [0.25, 0.3) is 5.91 Å². The first-order chi connectivity index (χ1) is 13.5. The predicted octanol–water partition coefficient (Wildman–Crippen LogP) is 1.58. The van der Waals surface area contributed by atoms with Crippen molar-refractivity contribution in [2.45, 2.75) is 18.0 Å². The Labute approximate surface area is 162 Å². The third kappa shape index (κ3) is 2.82. The van der Waals surface area contributed by atoms with Crippen molar-refractivity contribution in [2.75, 3.05) is 39.3 Å². The van der Waals surface area contributed by atoms with E-state index in [4.69, 9.17) is 0 Å². The van der Waals surface area contributed by atoms with E-state index < -0.39 is 6.55 Å². The molecule has 8 heteroatoms. The molecule has 1 amide bonds. The summed E-state index contributed by atoms with van der Waals surface area (Å²) in [6, 6.07) is 11.7. The largest absolute Gasteiger partial charge is 0.347 e. The average molecular weight is 387 g/mol. The molecule has 148 valence electrons. The number of amides is 1. The van der Waals surface area contributed by atoms with E-state index in [1.54, 1.807) is 0 Å². The smallest absolute Gasteiger partial charge is 0.333 e. The Balaban J connectivity index is 1.49. The SMILES string of the molecule is O=C(NC1C2CN3CCN(C2)CC1(c1ccccc1)C3)c1ccn(C(F)F)n1. The molecule has 6 nitrogen and oxygen atoms in total. The van der Waals surface area contributed by atoms with Gasteiger partial charge in [-0.2, -0.15) is 13.9 Å². The van der Waals surface area contributed by atoms with Crippen LogP contribution in [0.15, 0.2) is 42.6 Å². The molecular formula is C20H23F2N5O. The highest BCUT2D eigenvalue weighted by molar-refractivity contribution is 5.92. The summed E-state index contributed by atoms with van der Waals surface area (Å²) in [7, 11) is 0. The summed E-state index contributed by atoms with van der Waals surface area (Å²) in [6.07, 6.45) is 1.14. The lowest BCUT2D eigenvalue weighted by Gasteiger charge is -2.55. The van der Waals surface area contributed by atoms with E-state index >= 15 is 0 Å². The van der Waals surface area contributed by atoms with E-state index in [9.17, 15) is 13.6 Å². The van der Waals surface area contributed by atoms with Gasteiger partial charge in [-0.1, -0.05) is 30.3 Å². The van der Waals surface area contributed by atoms with Gasteiger partial charge in [-0.15, -0.1) is 0 Å². The van der Waals surface area contributed by atoms with Crippen LogP contribution in [0.5, 0.6) is 0 Å². The Morgan fingerprint density at radius 1 is 1.11 bits per heavy atom. The summed E-state index contributed by atoms with van der Waals surface area (Å²) in [5, 5.41) is 6.93. The maximum Gasteiger partial charge on any atom is 0.333 e. The Morgan fingerprint density at radius 2 is 1.79 bits per heavy atom. The van der Waals surface area contributed by atoms with E-state index in [0.717, 1.165) is 45.5 Å². The number of benzene rings is 1. The van der Waals surface area contributed by atoms with Gasteiger partial charge in [0, 0.05) is 62.8 Å². The lowest BCUT2D eigenvalue weighted by molar-refractivity contribution is 0.0178. The molecule has 4 bridgehead atoms. The molecule has 1 N–H and O–H groups in total. The lowest BCUT2D eigenvalue weighted by Crippen LogP contribution is -2.70. The third-order valence-electron chi connectivity index (χ3n) is 6.47. The van der Waals surface area contributed by atoms with Crippen LogP contribution in [-0.2, 0) is 5.41 Å². The number of piperidine rings is 2. The van der Waals surface area contributed by atoms with E-state index in [-0.39, 0.29) is 23.1 Å². The minimum Gasteiger partial charge on any atom is -0.347 e. The standard InChI is InChI=1S/C20H23F2N5O/c21-19(22)27-7-6-16(24-27)18(28)23-17-14-10-25-8-9-26(11-14)13-20(17,12-25)15-4-2-1-3-5-15/h1-7,14,17,19H,8-13H2,(H,23,28). The molecule has 3 unspecified atom stereocenters. The summed E-state index contributed by atoms with van der Waals surface area (Å²) >= 11 is 0. The van der Waals surface area contributed by atoms with Crippen molar-refractivity contribution < 1.29 is 13.6 Å². The molecule has 6 rings (SSSR count). The van der Waals surface area contributed by atoms with Crippen LogP contribution in [0, 0.1) is 5.92 Å². The zero-order valence-electron chi connectivity index (χ0n) is 15.5. The van der Waals surface area contributed by atoms with Gasteiger partial charge in [-0.25, -0.2) is 4.68 Å². The van der Waals surface area contributed by atoms with Crippen molar-refractivity contribution >= 4 is 5.91 Å². The van der Waals surface area contributed by atoms with Gasteiger partial charge in [-0.05, 0) is 11.6 Å². The normalized spacial score (nSPS) is 33.8. The van der Waals surface area contributed by atoms with Crippen LogP contribution >= 0.6 is 0 Å². The minimum absolute atomic E-state index is 0.0377. The number of aromatic nitrogens is 2. The van der Waals surface area contributed by atoms with Crippen molar-refractivity contribution in [1.29, 1.82) is 0 Å². The monoisotopic (exact) mass is 387 g/mol. The Morgan fingerprint density at radius 3 is 2.39 bits per heavy atom. The van der Waals surface area contributed by atoms with Gasteiger partial charge in [0.1, 0.15) is 5.69 Å². The summed E-state index contributed by atoms with van der Waals surface area (Å²) < 4.78 is 26.2. The van der Waals surface area contributed by atoms with E-state index in [1.807, 2.05) is 18.2 Å². The molecule has 4 aliphatic heterocycles. The van der Waals surface area contributed by atoms with Gasteiger partial charge in [0.05, 0.1) is 0 Å². The van der Waals surface area contributed by atoms with Crippen molar-refractivity contribution in [3.63, 3.8) is 0 Å². The number of fused-ring (bicyclic) bond motifs is 1. The Kier molecular flexibility index (Phi) is 4.21. The number of hydrogen-bond donors (Lipinski definition) is 1. The molecule has 1 aromatic heterocycles. The topological polar surface area (TPSA) is 53.4 Å². The average Bonchev–Trinajstić information content (AvgIpc) is 3.06. The number of rotatable bonds is 4. The second-order valence-electron chi connectivity index (χ2n) is 8.16. The molecule has 4 aliphatic rings. The highest BCUT2D eigenvalue weighted by Crippen LogP contribution is 2.43. The molecule has 0 saturated carbocycles. The summed E-state index contributed by atoms with van der Waals surface area (Å²) in [6.45, 7) is 3.02. The maximum absolute atomic E-state index is 12.9. The van der Waals surface area contributed by atoms with Gasteiger partial charge in [-0.3, -0.25) is 4.79 Å². The number of nitrogens with zero attached hydrogens (tertiary/aromatic N) is 4. The van der Waals surface area contributed by atoms with Crippen LogP contribution in [0.4, 0.5) is 8.78 Å². The molecule has 4 fully saturated rings. The number of hydrogen-bond acceptors (Lipinski definition) is 4. The lowest BCUT2D eigenvalue weighted by atomic mass is 9.64. The quantitative estimate of drug-likeness (QED) is 0.866. The highest BCUT2D eigenvalue weighted by atomic mass is 19.3. The van der Waals surface area contributed by atoms with Gasteiger partial charge >= 0.3 is 6.55 Å². The van der Waals surface area contributed by atoms with Crippen LogP contribution in [0.1, 0.15) is 22.6 Å². The second-order valence-corrected chi connectivity index (χ2v) is 8.16. The number of nitrogens with one attached hydrogen (secondary N) is 1. The van der Waals surface area contributed by atoms with E-state index in [2.05, 4.69) is 32.3 Å². The highest BCUT2D eigenvalue weighted by Gasteiger charge is 2.55. The van der Waals surface area contributed by atoms with E-state index in [0.29, 0.717) is 10.6 Å². The molecule has 0 aliphatic carbocycles. The van der Waals surface area contributed by atoms with Crippen LogP contribution in [0.3, 0.4) is 0 Å². The number of carbonyl (C=O) groups is 1. The van der Waals surface area contributed by atoms with Gasteiger partial charge in [0.2, 0.25) is 0 Å². The zero-order chi connectivity index (χ0) is 19.3. The van der Waals surface area contributed by atoms with Crippen LogP contribution in [-0.4, -0.2) is 70.8 Å². The third-order valence-corrected chi connectivity index (χ3v) is 6.47. The molecule has 0 spiro atoms. The summed E-state index contributed by atoms with van der Waals surface area (Å²) in [5.74, 6) is -0.0813. The van der Waals surface area contributed by atoms with Gasteiger partial charge < -0.3 is 15.1 Å². The Bertz CT molecular complexity index is 854. The van der Waals surface area contributed by atoms with Crippen LogP contribution in [0.25, 0.3) is 0 Å². The first-order valence-electron chi connectivity index (χ1n) is 9.69. The second kappa shape index (κ2) is 6.63. The fraction of sp³-hybridized carbons (Fsp3) is 0.500. The molecule has 2 aromatic rings. The predicted molar refractivity (Wildman–Crippen MR) is 99.2 cm³/mol. The number of carbonyl (C=O) groups excluding carboxylic acids is 1. The zero-order valence-corrected chi connectivity index (χ0v) is 15.5. The van der Waals surface area contributed by atoms with Crippen molar-refractivity contribution in [3.05, 3.63) is 53.9 Å². The molecule has 1 aromatic carbocycles. The fourth-order valence-electron chi connectivity index (χ4n) is 5.35. The minimum atomic E-state index is -2.75. The molecule has 4 saturated heterocycles. The van der Waals surface area contributed by atoms with E-state index in [1.165, 1.54) is 11.6 Å². The molecule has 0 radical (unpaired) electrons. The molecule has 28 heavy (non-hydrogen) atoms. The molecule has 3 atom stereocenters. The Hall–Kier alpha value is -2.32. The van der Waals surface area contributed by atoms with Crippen molar-refractivity contribution in [1.82, 2.24) is 24.9 Å². The maximum atomic E-state index is 12.9. The van der Waals surface area contributed by atoms with Crippen molar-refractivity contribution in [2.24, 2.45) is 5.92 Å². The van der Waals surface area contributed by atoms with Crippen molar-refractivity contribution in [3.8, 4) is 0 Å². The summed E-state index contributed by atoms with van der Waals surface area (Å²) in [4.78, 5) is 17.9. The summed E-state index contributed by atoms with van der Waals surface area (Å²) in [5.41, 5.74) is 1.05. The first kappa shape index (κ1) is 17.8. The number of halogens is 2. The molecular weight excluding hydrogens is 364 g/mol. The molecule has 5 heterocycles. The fourth-order valence-corrected chi connectivity index (χ4v) is 5.35. The van der Waals surface area contributed by atoms with Crippen LogP contribution < -0.4 is 5.32 Å². The van der Waals surface area contributed by atoms with Gasteiger partial charge in [0.15, 0.2) is 0 Å².